The van der Waals surface area contributed by atoms with Crippen molar-refractivity contribution < 1.29 is 169 Å². The minimum Gasteiger partial charge on any atom is -0.459 e. The first-order chi connectivity index (χ1) is 68.9. The molecule has 18 saturated carbocycles. The van der Waals surface area contributed by atoms with E-state index >= 15 is 0 Å². The molecule has 24 unspecified atom stereocenters. The van der Waals surface area contributed by atoms with Crippen molar-refractivity contribution >= 4 is 104 Å². The van der Waals surface area contributed by atoms with Crippen molar-refractivity contribution in [2.45, 2.75) is 417 Å². The second kappa shape index (κ2) is 45.1. The standard InChI is InChI=1S/C16H22O6.C16H26O3.C15H22O7S.C14H16O6.C14H20O3.C13H16O7S.C12H22O2.C10H16O2/c1-4-16(2,3)15(19)20-7-11(17)21-12-8-5-9-10(6-8)14(18)22-13(9)12;1-4-14(2,3)13(17)19-16-8-11-5-12(9-16)7-15(18,6-11)10-16;1-4-15(2,3)14(17)20-7-11(16)21-12-8-5-9-10(6-8)23(18,19)22-13(9)12;1-6(2)13(16)18-5-10(15)19-11-7-3-8-9(4-7)14(17)20-12(8)11;1-8(2)13(15)17-12-10-3-9-4-11(12)7-14(16,5-9)6-10;1-6(2)13(15)18-5-10(14)19-11-7-3-8-9(4-7)21(16,17)20-12(8)11;1-5-11(2,3)10(13)14-12(4)8-6-7-9-12;1-8(2)9(11)12-10(3)6-4-5-7-10/h8-10,12-13H,4-7H2,1-3H3;11-12,18H,4-10H2,1-3H3;8-10,12-13H,4-7H2,1-3H3;7-9,11-12H,1,3-5H2,2H3;9-12,16H,1,3-7H2,2H3;7-9,11-12H,1,3-5H2,2H3;5-9H2,1-4H3;1,4-7H2,2-3H3. The zero-order chi connectivity index (χ0) is 109. The number of fused-ring (bicyclic) bond motifs is 4. The summed E-state index contributed by atoms with van der Waals surface area (Å²) in [5.74, 6) is -2.58. The van der Waals surface area contributed by atoms with E-state index < -0.39 is 156 Å². The quantitative estimate of drug-likeness (QED) is 0.0318. The fourth-order valence-electron chi connectivity index (χ4n) is 26.7. The third-order valence-electron chi connectivity index (χ3n) is 35.8. The van der Waals surface area contributed by atoms with Gasteiger partial charge in [-0.05, 0) is 319 Å². The number of carbonyl (C=O) groups is 14. The van der Waals surface area contributed by atoms with E-state index in [0.717, 1.165) is 122 Å². The van der Waals surface area contributed by atoms with Gasteiger partial charge in [-0.25, -0.2) is 38.4 Å². The van der Waals surface area contributed by atoms with Crippen molar-refractivity contribution in [2.75, 3.05) is 26.4 Å². The molecule has 0 spiro atoms. The van der Waals surface area contributed by atoms with Crippen molar-refractivity contribution in [2.24, 2.45) is 110 Å². The van der Waals surface area contributed by atoms with Gasteiger partial charge in [0.2, 0.25) is 0 Å². The summed E-state index contributed by atoms with van der Waals surface area (Å²) in [5, 5.41) is 20.2. The Bertz CT molecular complexity index is 5290. The lowest BCUT2D eigenvalue weighted by Crippen LogP contribution is -2.61. The van der Waals surface area contributed by atoms with Gasteiger partial charge in [-0.2, -0.15) is 16.8 Å². The smallest absolute Gasteiger partial charge is 0.344 e. The van der Waals surface area contributed by atoms with Gasteiger partial charge in [0.05, 0.1) is 55.2 Å². The Hall–Kier alpha value is -8.72. The maximum absolute atomic E-state index is 12.4. The van der Waals surface area contributed by atoms with E-state index in [4.69, 9.17) is 74.7 Å². The molecule has 0 aromatic rings. The van der Waals surface area contributed by atoms with Gasteiger partial charge in [-0.3, -0.25) is 37.1 Å². The van der Waals surface area contributed by atoms with E-state index in [9.17, 15) is 94.2 Å². The molecule has 4 heterocycles. The van der Waals surface area contributed by atoms with Crippen LogP contribution < -0.4 is 0 Å². The van der Waals surface area contributed by atoms with Crippen LogP contribution in [0.5, 0.6) is 0 Å². The molecule has 36 nitrogen and oxygen atoms in total. The average Bonchev–Trinajstić information content (AvgIpc) is 1.55. The fourth-order valence-corrected chi connectivity index (χ4v) is 30.5. The van der Waals surface area contributed by atoms with Gasteiger partial charge in [0.15, 0.2) is 26.4 Å². The normalized spacial score (nSPS) is 36.1. The summed E-state index contributed by atoms with van der Waals surface area (Å²) in [6.07, 6.45) is 24.0. The lowest BCUT2D eigenvalue weighted by Gasteiger charge is -2.59. The third kappa shape index (κ3) is 26.3. The molecule has 0 aromatic heterocycles. The van der Waals surface area contributed by atoms with E-state index in [1.54, 1.807) is 41.5 Å². The van der Waals surface area contributed by atoms with Crippen LogP contribution in [-0.2, 0) is 162 Å². The van der Waals surface area contributed by atoms with Gasteiger partial charge in [-0.15, -0.1) is 0 Å². The number of esters is 14. The summed E-state index contributed by atoms with van der Waals surface area (Å²) in [6.45, 7) is 45.2. The Morgan fingerprint density at radius 2 is 0.676 bits per heavy atom. The van der Waals surface area contributed by atoms with Crippen LogP contribution in [0.15, 0.2) is 48.6 Å². The molecule has 22 fully saturated rings. The van der Waals surface area contributed by atoms with E-state index in [0.29, 0.717) is 85.7 Å². The first kappa shape index (κ1) is 116. The molecule has 2 N–H and O–H groups in total. The van der Waals surface area contributed by atoms with Gasteiger partial charge >= 0.3 is 83.6 Å². The highest BCUT2D eigenvalue weighted by Gasteiger charge is 2.70. The van der Waals surface area contributed by atoms with Gasteiger partial charge in [0.1, 0.15) is 71.7 Å². The molecule has 4 aliphatic heterocycles. The lowest BCUT2D eigenvalue weighted by molar-refractivity contribution is -0.225. The summed E-state index contributed by atoms with van der Waals surface area (Å²) >= 11 is 0. The second-order valence-electron chi connectivity index (χ2n) is 49.4. The first-order valence-electron chi connectivity index (χ1n) is 53.6. The molecule has 38 heteroatoms. The number of hydrogen-bond donors (Lipinski definition) is 2. The van der Waals surface area contributed by atoms with E-state index in [1.807, 2.05) is 62.3 Å². The summed E-state index contributed by atoms with van der Waals surface area (Å²) in [7, 11) is -7.05. The third-order valence-corrected chi connectivity index (χ3v) is 39.4. The predicted octanol–water partition coefficient (Wildman–Crippen LogP) is 14.1. The van der Waals surface area contributed by atoms with E-state index in [2.05, 4.69) is 33.2 Å². The largest absolute Gasteiger partial charge is 0.459 e. The second-order valence-corrected chi connectivity index (χ2v) is 53.0. The Balaban J connectivity index is 0.000000142. The summed E-state index contributed by atoms with van der Waals surface area (Å²) in [6, 6.07) is 0. The molecular weight excluding hydrogens is 1960 g/mol. The molecule has 24 atom stereocenters. The SMILES string of the molecule is C=C(C)C(=O)OC1(C)CCCC1.C=C(C)C(=O)OC1C2CC3CC1CC(O)(C3)C2.C=C(C)C(=O)OCC(=O)OC1C2CC3C(=O)OC1C3C2.C=C(C)C(=O)OCC(=O)OC1C2CC3C1OS(=O)(=O)C3C2.CCC(C)(C)C(=O)OC1(C)CCCC1.CCC(C)(C)C(=O)OC12CC3CC(CC(O)(C3)C1)C2.CCC(C)(C)C(=O)OCC(=O)OC1C2CC3C(=O)OC1C3C2.CCC(C)(C)C(=O)OCC(=O)OC1C2CC3C1OS(=O)(=O)C3C2. The van der Waals surface area contributed by atoms with Crippen LogP contribution in [0, 0.1) is 110 Å². The fraction of sp³-hybridized carbons (Fsp3) is 0.800. The van der Waals surface area contributed by atoms with Crippen molar-refractivity contribution in [3.63, 3.8) is 0 Å². The number of hydrogen-bond acceptors (Lipinski definition) is 36. The van der Waals surface area contributed by atoms with Crippen LogP contribution in [0.25, 0.3) is 0 Å². The van der Waals surface area contributed by atoms with Crippen LogP contribution in [0.1, 0.15) is 324 Å². The Morgan fingerprint density at radius 1 is 0.351 bits per heavy atom. The highest BCUT2D eigenvalue weighted by atomic mass is 32.2. The predicted molar refractivity (Wildman–Crippen MR) is 528 cm³/mol. The zero-order valence-electron chi connectivity index (χ0n) is 89.7. The van der Waals surface area contributed by atoms with E-state index in [1.165, 1.54) is 46.0 Å². The molecule has 148 heavy (non-hydrogen) atoms. The molecule has 22 rings (SSSR count). The van der Waals surface area contributed by atoms with Crippen molar-refractivity contribution in [1.82, 2.24) is 0 Å². The topological polar surface area (TPSA) is 495 Å². The molecule has 0 aromatic carbocycles. The van der Waals surface area contributed by atoms with Crippen LogP contribution in [0.3, 0.4) is 0 Å². The highest BCUT2D eigenvalue weighted by molar-refractivity contribution is 7.88. The van der Waals surface area contributed by atoms with Crippen LogP contribution >= 0.6 is 0 Å². The van der Waals surface area contributed by atoms with Crippen LogP contribution in [0.4, 0.5) is 0 Å². The minimum absolute atomic E-state index is 0.00284. The Morgan fingerprint density at radius 3 is 1.03 bits per heavy atom. The van der Waals surface area contributed by atoms with Crippen molar-refractivity contribution in [3.8, 4) is 0 Å². The van der Waals surface area contributed by atoms with Gasteiger partial charge in [-0.1, -0.05) is 54.0 Å². The van der Waals surface area contributed by atoms with Gasteiger partial charge < -0.3 is 76.5 Å². The number of aliphatic hydroxyl groups is 2. The van der Waals surface area contributed by atoms with Crippen molar-refractivity contribution in [1.29, 1.82) is 0 Å². The molecular formula is C110H160O36S2. The maximum atomic E-state index is 12.4. The number of carbonyl (C=O) groups excluding carboxylic acids is 14. The highest BCUT2D eigenvalue weighted by Crippen LogP contribution is 2.63. The van der Waals surface area contributed by atoms with Gasteiger partial charge in [0.25, 0.3) is 20.2 Å². The Labute approximate surface area is 870 Å². The van der Waals surface area contributed by atoms with Crippen LogP contribution in [0.2, 0.25) is 0 Å². The summed E-state index contributed by atoms with van der Waals surface area (Å²) in [4.78, 5) is 164. The molecule has 0 radical (unpaired) electrons. The van der Waals surface area contributed by atoms with Crippen molar-refractivity contribution in [3.05, 3.63) is 48.6 Å². The molecule has 0 amide bonds. The lowest BCUT2D eigenvalue weighted by atomic mass is 9.52. The molecule has 4 saturated heterocycles. The number of rotatable bonds is 28. The van der Waals surface area contributed by atoms with E-state index in [-0.39, 0.29) is 159 Å². The van der Waals surface area contributed by atoms with Crippen LogP contribution in [-0.4, -0.2) is 230 Å². The average molecular weight is 2120 g/mol. The zero-order valence-corrected chi connectivity index (χ0v) is 91.3. The van der Waals surface area contributed by atoms with Gasteiger partial charge in [0, 0.05) is 76.1 Å². The molecule has 16 bridgehead atoms. The summed E-state index contributed by atoms with van der Waals surface area (Å²) in [5.41, 5.74) is -2.38. The molecule has 18 aliphatic carbocycles. The molecule has 828 valence electrons. The monoisotopic (exact) mass is 2120 g/mol. The Kier molecular flexibility index (Phi) is 35.5. The summed E-state index contributed by atoms with van der Waals surface area (Å²) < 4.78 is 131. The first-order valence-corrected chi connectivity index (χ1v) is 56.5. The minimum atomic E-state index is -3.53. The number of ether oxygens (including phenoxy) is 14. The maximum Gasteiger partial charge on any atom is 0.344 e. The molecule has 22 aliphatic rings.